The molecule has 0 spiro atoms. The minimum atomic E-state index is -0.717. The number of hydrogen-bond donors (Lipinski definition) is 1. The van der Waals surface area contributed by atoms with E-state index in [0.717, 1.165) is 32.0 Å². The number of rotatable bonds is 6. The van der Waals surface area contributed by atoms with E-state index in [2.05, 4.69) is 0 Å². The van der Waals surface area contributed by atoms with Crippen LogP contribution in [0.15, 0.2) is 0 Å². The average molecular weight is 158 g/mol. The van der Waals surface area contributed by atoms with Crippen LogP contribution in [0.5, 0.6) is 0 Å². The standard InChI is InChI=1S/C9H18O2/c1-3-5-9(11,6-4-2)7-8-10/h8,11H,3-7H2,1-2H3. The number of aldehydes is 1. The van der Waals surface area contributed by atoms with Gasteiger partial charge in [0.05, 0.1) is 5.60 Å². The zero-order valence-electron chi connectivity index (χ0n) is 7.47. The molecule has 0 aromatic rings. The number of carbonyl (C=O) groups excluding carboxylic acids is 1. The van der Waals surface area contributed by atoms with Gasteiger partial charge in [-0.25, -0.2) is 0 Å². The van der Waals surface area contributed by atoms with Crippen LogP contribution in [0.3, 0.4) is 0 Å². The van der Waals surface area contributed by atoms with Crippen molar-refractivity contribution >= 4 is 6.29 Å². The summed E-state index contributed by atoms with van der Waals surface area (Å²) in [4.78, 5) is 10.2. The van der Waals surface area contributed by atoms with Crippen molar-refractivity contribution in [1.29, 1.82) is 0 Å². The first-order valence-corrected chi connectivity index (χ1v) is 4.34. The maximum absolute atomic E-state index is 10.2. The second kappa shape index (κ2) is 5.30. The molecule has 0 saturated carbocycles. The topological polar surface area (TPSA) is 37.3 Å². The zero-order valence-corrected chi connectivity index (χ0v) is 7.47. The predicted octanol–water partition coefficient (Wildman–Crippen LogP) is 1.91. The summed E-state index contributed by atoms with van der Waals surface area (Å²) in [5, 5.41) is 9.78. The molecule has 0 radical (unpaired) electrons. The molecule has 0 saturated heterocycles. The van der Waals surface area contributed by atoms with Crippen molar-refractivity contribution in [2.45, 2.75) is 51.6 Å². The SMILES string of the molecule is CCCC(O)(CC=O)CCC. The molecule has 11 heavy (non-hydrogen) atoms. The fraction of sp³-hybridized carbons (Fsp3) is 0.889. The van der Waals surface area contributed by atoms with Gasteiger partial charge in [-0.05, 0) is 12.8 Å². The summed E-state index contributed by atoms with van der Waals surface area (Å²) in [6.45, 7) is 4.04. The lowest BCUT2D eigenvalue weighted by molar-refractivity contribution is -0.112. The predicted molar refractivity (Wildman–Crippen MR) is 45.4 cm³/mol. The molecule has 0 aromatic heterocycles. The summed E-state index contributed by atoms with van der Waals surface area (Å²) in [5.41, 5.74) is -0.717. The van der Waals surface area contributed by atoms with Gasteiger partial charge in [-0.15, -0.1) is 0 Å². The molecular formula is C9H18O2. The highest BCUT2D eigenvalue weighted by atomic mass is 16.3. The Morgan fingerprint density at radius 3 is 2.00 bits per heavy atom. The Morgan fingerprint density at radius 1 is 1.27 bits per heavy atom. The van der Waals surface area contributed by atoms with E-state index in [0.29, 0.717) is 0 Å². The summed E-state index contributed by atoms with van der Waals surface area (Å²) < 4.78 is 0. The van der Waals surface area contributed by atoms with Gasteiger partial charge in [0, 0.05) is 6.42 Å². The molecule has 2 heteroatoms. The Balaban J connectivity index is 3.88. The Morgan fingerprint density at radius 2 is 1.73 bits per heavy atom. The van der Waals surface area contributed by atoms with Gasteiger partial charge in [0.15, 0.2) is 0 Å². The van der Waals surface area contributed by atoms with E-state index in [9.17, 15) is 9.90 Å². The van der Waals surface area contributed by atoms with Crippen LogP contribution in [-0.4, -0.2) is 17.0 Å². The van der Waals surface area contributed by atoms with Crippen LogP contribution in [0.1, 0.15) is 46.0 Å². The summed E-state index contributed by atoms with van der Waals surface area (Å²) in [7, 11) is 0. The van der Waals surface area contributed by atoms with Crippen molar-refractivity contribution in [1.82, 2.24) is 0 Å². The van der Waals surface area contributed by atoms with Crippen molar-refractivity contribution in [3.05, 3.63) is 0 Å². The van der Waals surface area contributed by atoms with Crippen LogP contribution in [0, 0.1) is 0 Å². The third-order valence-corrected chi connectivity index (χ3v) is 1.89. The highest BCUT2D eigenvalue weighted by Gasteiger charge is 2.23. The normalized spacial score (nSPS) is 11.5. The monoisotopic (exact) mass is 158 g/mol. The maximum atomic E-state index is 10.2. The van der Waals surface area contributed by atoms with Gasteiger partial charge in [-0.2, -0.15) is 0 Å². The molecule has 0 heterocycles. The van der Waals surface area contributed by atoms with Gasteiger partial charge < -0.3 is 9.90 Å². The lowest BCUT2D eigenvalue weighted by Crippen LogP contribution is -2.28. The van der Waals surface area contributed by atoms with E-state index in [1.807, 2.05) is 13.8 Å². The summed E-state index contributed by atoms with van der Waals surface area (Å²) in [6, 6.07) is 0. The third-order valence-electron chi connectivity index (χ3n) is 1.89. The molecule has 66 valence electrons. The van der Waals surface area contributed by atoms with Crippen LogP contribution in [0.2, 0.25) is 0 Å². The van der Waals surface area contributed by atoms with Crippen molar-refractivity contribution < 1.29 is 9.90 Å². The Hall–Kier alpha value is -0.370. The first kappa shape index (κ1) is 10.6. The summed E-state index contributed by atoms with van der Waals surface area (Å²) >= 11 is 0. The summed E-state index contributed by atoms with van der Waals surface area (Å²) in [5.74, 6) is 0. The molecule has 0 aliphatic rings. The minimum Gasteiger partial charge on any atom is -0.389 e. The fourth-order valence-corrected chi connectivity index (χ4v) is 1.41. The van der Waals surface area contributed by atoms with E-state index in [1.165, 1.54) is 0 Å². The Labute approximate surface area is 68.6 Å². The van der Waals surface area contributed by atoms with E-state index in [-0.39, 0.29) is 6.42 Å². The Bertz CT molecular complexity index is 104. The molecule has 0 amide bonds. The molecule has 0 aliphatic carbocycles. The van der Waals surface area contributed by atoms with Crippen molar-refractivity contribution in [2.24, 2.45) is 0 Å². The molecule has 0 rings (SSSR count). The molecule has 0 unspecified atom stereocenters. The molecule has 2 nitrogen and oxygen atoms in total. The van der Waals surface area contributed by atoms with Crippen molar-refractivity contribution in [3.8, 4) is 0 Å². The second-order valence-corrected chi connectivity index (χ2v) is 3.10. The minimum absolute atomic E-state index is 0.286. The molecule has 0 fully saturated rings. The van der Waals surface area contributed by atoms with Gasteiger partial charge >= 0.3 is 0 Å². The molecule has 0 atom stereocenters. The lowest BCUT2D eigenvalue weighted by atomic mass is 9.90. The third kappa shape index (κ3) is 4.14. The molecule has 1 N–H and O–H groups in total. The van der Waals surface area contributed by atoms with Gasteiger partial charge in [0.1, 0.15) is 6.29 Å². The number of hydrogen-bond acceptors (Lipinski definition) is 2. The summed E-state index contributed by atoms with van der Waals surface area (Å²) in [6.07, 6.45) is 4.44. The van der Waals surface area contributed by atoms with Crippen molar-refractivity contribution in [3.63, 3.8) is 0 Å². The zero-order chi connectivity index (χ0) is 8.74. The van der Waals surface area contributed by atoms with Crippen LogP contribution in [-0.2, 0) is 4.79 Å². The molecule has 0 aromatic carbocycles. The van der Waals surface area contributed by atoms with Crippen LogP contribution < -0.4 is 0 Å². The molecule has 0 aliphatic heterocycles. The Kier molecular flexibility index (Phi) is 5.12. The van der Waals surface area contributed by atoms with Gasteiger partial charge in [0.2, 0.25) is 0 Å². The maximum Gasteiger partial charge on any atom is 0.122 e. The molecular weight excluding hydrogens is 140 g/mol. The van der Waals surface area contributed by atoms with Crippen LogP contribution >= 0.6 is 0 Å². The van der Waals surface area contributed by atoms with E-state index in [1.54, 1.807) is 0 Å². The first-order valence-electron chi connectivity index (χ1n) is 4.34. The van der Waals surface area contributed by atoms with Gasteiger partial charge in [0.25, 0.3) is 0 Å². The van der Waals surface area contributed by atoms with Gasteiger partial charge in [-0.3, -0.25) is 0 Å². The van der Waals surface area contributed by atoms with E-state index in [4.69, 9.17) is 0 Å². The number of carbonyl (C=O) groups is 1. The second-order valence-electron chi connectivity index (χ2n) is 3.10. The lowest BCUT2D eigenvalue weighted by Gasteiger charge is -2.24. The van der Waals surface area contributed by atoms with Crippen molar-refractivity contribution in [2.75, 3.05) is 0 Å². The van der Waals surface area contributed by atoms with Gasteiger partial charge in [-0.1, -0.05) is 26.7 Å². The molecule has 0 bridgehead atoms. The highest BCUT2D eigenvalue weighted by Crippen LogP contribution is 2.21. The van der Waals surface area contributed by atoms with E-state index < -0.39 is 5.60 Å². The number of aliphatic hydroxyl groups is 1. The van der Waals surface area contributed by atoms with Crippen LogP contribution in [0.25, 0.3) is 0 Å². The van der Waals surface area contributed by atoms with Crippen LogP contribution in [0.4, 0.5) is 0 Å². The largest absolute Gasteiger partial charge is 0.389 e. The smallest absolute Gasteiger partial charge is 0.122 e. The highest BCUT2D eigenvalue weighted by molar-refractivity contribution is 5.51. The van der Waals surface area contributed by atoms with E-state index >= 15 is 0 Å². The quantitative estimate of drug-likeness (QED) is 0.599. The average Bonchev–Trinajstić information content (AvgIpc) is 1.88. The first-order chi connectivity index (χ1) is 5.18. The fourth-order valence-electron chi connectivity index (χ4n) is 1.41.